The fourth-order valence-electron chi connectivity index (χ4n) is 4.99. The SMILES string of the molecule is CS(=O)(=O)N1CCn2c(-c3ccccc3)cnc2C12CCN(Cc1ccco1)CC2. The van der Waals surface area contributed by atoms with E-state index in [1.807, 2.05) is 36.5 Å². The van der Waals surface area contributed by atoms with Gasteiger partial charge in [0, 0.05) is 26.2 Å². The van der Waals surface area contributed by atoms with Gasteiger partial charge in [-0.25, -0.2) is 13.4 Å². The molecule has 3 aromatic rings. The molecule has 1 spiro atoms. The first-order valence-corrected chi connectivity index (χ1v) is 12.2. The number of nitrogens with zero attached hydrogens (tertiary/aromatic N) is 4. The van der Waals surface area contributed by atoms with Gasteiger partial charge in [-0.05, 0) is 30.5 Å². The molecule has 0 unspecified atom stereocenters. The molecule has 0 saturated carbocycles. The molecule has 5 rings (SSSR count). The van der Waals surface area contributed by atoms with E-state index in [1.165, 1.54) is 6.26 Å². The van der Waals surface area contributed by atoms with Crippen LogP contribution in [-0.4, -0.2) is 53.1 Å². The summed E-state index contributed by atoms with van der Waals surface area (Å²) in [5.74, 6) is 1.80. The Bertz CT molecular complexity index is 1110. The van der Waals surface area contributed by atoms with Gasteiger partial charge in [0.05, 0.1) is 36.5 Å². The summed E-state index contributed by atoms with van der Waals surface area (Å²) >= 11 is 0. The summed E-state index contributed by atoms with van der Waals surface area (Å²) in [6, 6.07) is 14.1. The minimum Gasteiger partial charge on any atom is -0.468 e. The first-order chi connectivity index (χ1) is 14.5. The highest BCUT2D eigenvalue weighted by Crippen LogP contribution is 2.43. The van der Waals surface area contributed by atoms with E-state index in [0.29, 0.717) is 25.9 Å². The largest absolute Gasteiger partial charge is 0.468 e. The van der Waals surface area contributed by atoms with E-state index in [1.54, 1.807) is 10.6 Å². The second kappa shape index (κ2) is 7.37. The van der Waals surface area contributed by atoms with Crippen LogP contribution in [0.4, 0.5) is 0 Å². The van der Waals surface area contributed by atoms with E-state index in [-0.39, 0.29) is 0 Å². The number of rotatable bonds is 4. The van der Waals surface area contributed by atoms with Crippen LogP contribution in [-0.2, 0) is 28.7 Å². The van der Waals surface area contributed by atoms with Gasteiger partial charge in [0.2, 0.25) is 10.0 Å². The third-order valence-corrected chi connectivity index (χ3v) is 7.72. The molecule has 8 heteroatoms. The molecule has 4 heterocycles. The average Bonchev–Trinajstić information content (AvgIpc) is 3.40. The number of aromatic nitrogens is 2. The third kappa shape index (κ3) is 3.29. The van der Waals surface area contributed by atoms with Crippen LogP contribution < -0.4 is 0 Å². The van der Waals surface area contributed by atoms with Gasteiger partial charge in [-0.3, -0.25) is 4.90 Å². The van der Waals surface area contributed by atoms with Crippen molar-refractivity contribution in [1.82, 2.24) is 18.8 Å². The Balaban J connectivity index is 1.50. The van der Waals surface area contributed by atoms with Crippen LogP contribution >= 0.6 is 0 Å². The molecule has 2 aliphatic heterocycles. The van der Waals surface area contributed by atoms with Crippen molar-refractivity contribution in [2.75, 3.05) is 25.9 Å². The molecule has 2 aromatic heterocycles. The highest BCUT2D eigenvalue weighted by molar-refractivity contribution is 7.88. The summed E-state index contributed by atoms with van der Waals surface area (Å²) < 4.78 is 34.9. The minimum absolute atomic E-state index is 0.472. The van der Waals surface area contributed by atoms with E-state index in [9.17, 15) is 8.42 Å². The number of hydrogen-bond donors (Lipinski definition) is 0. The fourth-order valence-corrected chi connectivity index (χ4v) is 6.30. The Morgan fingerprint density at radius 1 is 1.03 bits per heavy atom. The Labute approximate surface area is 177 Å². The molecule has 0 aliphatic carbocycles. The molecular formula is C22H26N4O3S. The van der Waals surface area contributed by atoms with E-state index < -0.39 is 15.6 Å². The molecule has 1 fully saturated rings. The predicted octanol–water partition coefficient (Wildman–Crippen LogP) is 2.91. The zero-order valence-corrected chi connectivity index (χ0v) is 17.9. The molecule has 158 valence electrons. The zero-order valence-electron chi connectivity index (χ0n) is 17.1. The summed E-state index contributed by atoms with van der Waals surface area (Å²) in [7, 11) is -3.36. The van der Waals surface area contributed by atoms with E-state index in [4.69, 9.17) is 9.40 Å². The first-order valence-electron chi connectivity index (χ1n) is 10.3. The molecule has 30 heavy (non-hydrogen) atoms. The molecule has 0 amide bonds. The Kier molecular flexibility index (Phi) is 4.80. The molecule has 0 N–H and O–H groups in total. The lowest BCUT2D eigenvalue weighted by molar-refractivity contribution is 0.0433. The molecule has 2 aliphatic rings. The lowest BCUT2D eigenvalue weighted by atomic mass is 9.85. The van der Waals surface area contributed by atoms with Gasteiger partial charge in [0.25, 0.3) is 0 Å². The fraction of sp³-hybridized carbons (Fsp3) is 0.409. The normalized spacial score (nSPS) is 19.8. The Morgan fingerprint density at radius 3 is 2.47 bits per heavy atom. The number of piperidine rings is 1. The summed E-state index contributed by atoms with van der Waals surface area (Å²) in [5.41, 5.74) is 1.56. The number of sulfonamides is 1. The summed E-state index contributed by atoms with van der Waals surface area (Å²) in [5, 5.41) is 0. The summed E-state index contributed by atoms with van der Waals surface area (Å²) in [6.07, 6.45) is 6.33. The van der Waals surface area contributed by atoms with Gasteiger partial charge < -0.3 is 8.98 Å². The van der Waals surface area contributed by atoms with Gasteiger partial charge in [-0.15, -0.1) is 0 Å². The zero-order chi connectivity index (χ0) is 20.8. The van der Waals surface area contributed by atoms with E-state index >= 15 is 0 Å². The van der Waals surface area contributed by atoms with Crippen molar-refractivity contribution < 1.29 is 12.8 Å². The molecule has 0 bridgehead atoms. The lowest BCUT2D eigenvalue weighted by Gasteiger charge is -2.49. The maximum absolute atomic E-state index is 12.7. The second-order valence-electron chi connectivity index (χ2n) is 8.21. The third-order valence-electron chi connectivity index (χ3n) is 6.39. The number of furan rings is 1. The Morgan fingerprint density at radius 2 is 1.80 bits per heavy atom. The summed E-state index contributed by atoms with van der Waals surface area (Å²) in [6.45, 7) is 3.41. The smallest absolute Gasteiger partial charge is 0.212 e. The minimum atomic E-state index is -3.36. The van der Waals surface area contributed by atoms with Crippen LogP contribution in [0, 0.1) is 0 Å². The van der Waals surface area contributed by atoms with Crippen LogP contribution in [0.3, 0.4) is 0 Å². The molecule has 1 aromatic carbocycles. The maximum atomic E-state index is 12.7. The standard InChI is InChI=1S/C22H26N4O3S/c1-30(27,28)26-14-13-25-20(18-6-3-2-4-7-18)16-23-21(25)22(26)9-11-24(12-10-22)17-19-8-5-15-29-19/h2-8,15-16H,9-14,17H2,1H3. The van der Waals surface area contributed by atoms with E-state index in [2.05, 4.69) is 21.6 Å². The van der Waals surface area contributed by atoms with Crippen LogP contribution in [0.2, 0.25) is 0 Å². The molecular weight excluding hydrogens is 400 g/mol. The van der Waals surface area contributed by atoms with Crippen molar-refractivity contribution in [3.8, 4) is 11.3 Å². The quantitative estimate of drug-likeness (QED) is 0.642. The molecule has 0 radical (unpaired) electrons. The van der Waals surface area contributed by atoms with Crippen molar-refractivity contribution in [3.63, 3.8) is 0 Å². The van der Waals surface area contributed by atoms with Gasteiger partial charge in [0.15, 0.2) is 0 Å². The number of imidazole rings is 1. The highest BCUT2D eigenvalue weighted by atomic mass is 32.2. The molecule has 0 atom stereocenters. The highest BCUT2D eigenvalue weighted by Gasteiger charge is 2.50. The van der Waals surface area contributed by atoms with Gasteiger partial charge in [0.1, 0.15) is 11.6 Å². The second-order valence-corrected chi connectivity index (χ2v) is 10.1. The maximum Gasteiger partial charge on any atom is 0.212 e. The number of likely N-dealkylation sites (tertiary alicyclic amines) is 1. The van der Waals surface area contributed by atoms with E-state index in [0.717, 1.165) is 42.5 Å². The van der Waals surface area contributed by atoms with Crippen molar-refractivity contribution in [3.05, 3.63) is 66.5 Å². The van der Waals surface area contributed by atoms with Crippen molar-refractivity contribution in [2.45, 2.75) is 31.5 Å². The monoisotopic (exact) mass is 426 g/mol. The number of hydrogen-bond acceptors (Lipinski definition) is 5. The molecule has 1 saturated heterocycles. The van der Waals surface area contributed by atoms with Gasteiger partial charge in [-0.2, -0.15) is 4.31 Å². The van der Waals surface area contributed by atoms with Crippen LogP contribution in [0.15, 0.2) is 59.3 Å². The van der Waals surface area contributed by atoms with Crippen LogP contribution in [0.5, 0.6) is 0 Å². The molecule has 7 nitrogen and oxygen atoms in total. The van der Waals surface area contributed by atoms with Crippen molar-refractivity contribution >= 4 is 10.0 Å². The first kappa shape index (κ1) is 19.5. The van der Waals surface area contributed by atoms with Gasteiger partial charge >= 0.3 is 0 Å². The van der Waals surface area contributed by atoms with Crippen LogP contribution in [0.1, 0.15) is 24.4 Å². The number of fused-ring (bicyclic) bond motifs is 2. The average molecular weight is 427 g/mol. The van der Waals surface area contributed by atoms with Crippen molar-refractivity contribution in [1.29, 1.82) is 0 Å². The topological polar surface area (TPSA) is 71.6 Å². The predicted molar refractivity (Wildman–Crippen MR) is 114 cm³/mol. The number of benzene rings is 1. The summed E-state index contributed by atoms with van der Waals surface area (Å²) in [4.78, 5) is 7.12. The van der Waals surface area contributed by atoms with Crippen LogP contribution in [0.25, 0.3) is 11.3 Å². The van der Waals surface area contributed by atoms with Gasteiger partial charge in [-0.1, -0.05) is 30.3 Å². The lowest BCUT2D eigenvalue weighted by Crippen LogP contribution is -2.59. The Hall–Kier alpha value is -2.42. The van der Waals surface area contributed by atoms with Crippen molar-refractivity contribution in [2.24, 2.45) is 0 Å².